The van der Waals surface area contributed by atoms with Crippen LogP contribution in [-0.2, 0) is 6.42 Å². The zero-order valence-electron chi connectivity index (χ0n) is 16.9. The highest BCUT2D eigenvalue weighted by Crippen LogP contribution is 2.30. The molecule has 0 fully saturated rings. The molecule has 144 valence electrons. The number of anilines is 2. The molecule has 0 aliphatic rings. The third kappa shape index (κ3) is 5.26. The maximum absolute atomic E-state index is 4.48. The van der Waals surface area contributed by atoms with Crippen LogP contribution in [0.25, 0.3) is 0 Å². The first kappa shape index (κ1) is 19.8. The van der Waals surface area contributed by atoms with Gasteiger partial charge in [-0.2, -0.15) is 0 Å². The van der Waals surface area contributed by atoms with Crippen molar-refractivity contribution in [3.63, 3.8) is 0 Å². The van der Waals surface area contributed by atoms with E-state index in [-0.39, 0.29) is 6.04 Å². The van der Waals surface area contributed by atoms with E-state index in [4.69, 9.17) is 0 Å². The number of aryl methyl sites for hydroxylation is 1. The minimum Gasteiger partial charge on any atom is -0.385 e. The summed E-state index contributed by atoms with van der Waals surface area (Å²) in [6.07, 6.45) is 1.93. The lowest BCUT2D eigenvalue weighted by Crippen LogP contribution is -2.15. The van der Waals surface area contributed by atoms with Gasteiger partial charge >= 0.3 is 0 Å². The maximum Gasteiger partial charge on any atom is 0.0727 e. The van der Waals surface area contributed by atoms with E-state index in [1.165, 1.54) is 22.4 Å². The second-order valence-electron chi connectivity index (χ2n) is 7.28. The molecule has 2 nitrogen and oxygen atoms in total. The second-order valence-corrected chi connectivity index (χ2v) is 7.28. The van der Waals surface area contributed by atoms with Crippen molar-refractivity contribution in [2.75, 3.05) is 17.2 Å². The summed E-state index contributed by atoms with van der Waals surface area (Å²) >= 11 is 0. The van der Waals surface area contributed by atoms with Crippen LogP contribution in [0.2, 0.25) is 0 Å². The molecule has 2 heteroatoms. The molecule has 0 aliphatic carbocycles. The highest BCUT2D eigenvalue weighted by molar-refractivity contribution is 5.54. The quantitative estimate of drug-likeness (QED) is 0.406. The van der Waals surface area contributed by atoms with Gasteiger partial charge in [0.05, 0.1) is 6.04 Å². The minimum absolute atomic E-state index is 0.0576. The summed E-state index contributed by atoms with van der Waals surface area (Å²) in [4.78, 5) is 0. The summed E-state index contributed by atoms with van der Waals surface area (Å²) in [5.41, 5.74) is 7.23. The zero-order chi connectivity index (χ0) is 19.8. The molecule has 28 heavy (non-hydrogen) atoms. The largest absolute Gasteiger partial charge is 0.385 e. The third-order valence-electron chi connectivity index (χ3n) is 4.87. The number of rotatable bonds is 9. The molecule has 0 saturated heterocycles. The van der Waals surface area contributed by atoms with Gasteiger partial charge in [-0.15, -0.1) is 0 Å². The SMILES string of the molecule is C=C(Cc1ccccc1NCCC)C(Nc1cccc(C)c1)c1ccccc1. The van der Waals surface area contributed by atoms with Crippen LogP contribution in [0.4, 0.5) is 11.4 Å². The molecule has 0 heterocycles. The number of para-hydroxylation sites is 1. The van der Waals surface area contributed by atoms with E-state index >= 15 is 0 Å². The van der Waals surface area contributed by atoms with Crippen molar-refractivity contribution >= 4 is 11.4 Å². The molecule has 0 radical (unpaired) electrons. The lowest BCUT2D eigenvalue weighted by molar-refractivity contribution is 0.870. The molecule has 0 bridgehead atoms. The van der Waals surface area contributed by atoms with Crippen molar-refractivity contribution in [1.82, 2.24) is 0 Å². The summed E-state index contributed by atoms with van der Waals surface area (Å²) in [7, 11) is 0. The highest BCUT2D eigenvalue weighted by Gasteiger charge is 2.16. The van der Waals surface area contributed by atoms with Crippen LogP contribution < -0.4 is 10.6 Å². The Morgan fingerprint density at radius 2 is 1.68 bits per heavy atom. The van der Waals surface area contributed by atoms with Crippen molar-refractivity contribution in [3.05, 3.63) is 108 Å². The van der Waals surface area contributed by atoms with Crippen molar-refractivity contribution in [2.45, 2.75) is 32.7 Å². The summed E-state index contributed by atoms with van der Waals surface area (Å²) in [5, 5.41) is 7.24. The molecule has 0 spiro atoms. The maximum atomic E-state index is 4.48. The molecule has 3 aromatic carbocycles. The van der Waals surface area contributed by atoms with Crippen molar-refractivity contribution in [3.8, 4) is 0 Å². The van der Waals surface area contributed by atoms with E-state index in [2.05, 4.69) is 110 Å². The van der Waals surface area contributed by atoms with Gasteiger partial charge in [-0.05, 0) is 60.2 Å². The Bertz CT molecular complexity index is 899. The Morgan fingerprint density at radius 1 is 0.929 bits per heavy atom. The monoisotopic (exact) mass is 370 g/mol. The molecule has 2 N–H and O–H groups in total. The fourth-order valence-corrected chi connectivity index (χ4v) is 3.42. The van der Waals surface area contributed by atoms with Gasteiger partial charge in [0.25, 0.3) is 0 Å². The Balaban J connectivity index is 1.85. The summed E-state index contributed by atoms with van der Waals surface area (Å²) in [6.45, 7) is 9.76. The summed E-state index contributed by atoms with van der Waals surface area (Å²) in [6, 6.07) is 27.7. The van der Waals surface area contributed by atoms with Gasteiger partial charge in [-0.1, -0.05) is 74.2 Å². The topological polar surface area (TPSA) is 24.1 Å². The summed E-state index contributed by atoms with van der Waals surface area (Å²) in [5.74, 6) is 0. The van der Waals surface area contributed by atoms with Gasteiger partial charge < -0.3 is 10.6 Å². The molecule has 3 aromatic rings. The summed E-state index contributed by atoms with van der Waals surface area (Å²) < 4.78 is 0. The van der Waals surface area contributed by atoms with Crippen LogP contribution >= 0.6 is 0 Å². The van der Waals surface area contributed by atoms with Gasteiger partial charge in [0.15, 0.2) is 0 Å². The molecule has 0 aromatic heterocycles. The molecule has 1 atom stereocenters. The van der Waals surface area contributed by atoms with Crippen LogP contribution in [0.3, 0.4) is 0 Å². The average molecular weight is 371 g/mol. The van der Waals surface area contributed by atoms with E-state index in [1.807, 2.05) is 0 Å². The third-order valence-corrected chi connectivity index (χ3v) is 4.87. The highest BCUT2D eigenvalue weighted by atomic mass is 14.9. The van der Waals surface area contributed by atoms with Crippen molar-refractivity contribution < 1.29 is 0 Å². The number of nitrogens with one attached hydrogen (secondary N) is 2. The number of benzene rings is 3. The number of hydrogen-bond donors (Lipinski definition) is 2. The Hall–Kier alpha value is -3.00. The molecular weight excluding hydrogens is 340 g/mol. The van der Waals surface area contributed by atoms with E-state index in [0.717, 1.165) is 30.6 Å². The normalized spacial score (nSPS) is 11.6. The fourth-order valence-electron chi connectivity index (χ4n) is 3.42. The standard InChI is InChI=1S/C26H30N2/c1-4-17-27-25-16-9-8-14-23(25)19-21(3)26(22-12-6-5-7-13-22)28-24-15-10-11-20(2)18-24/h5-16,18,26-28H,3-4,17,19H2,1-2H3. The van der Waals surface area contributed by atoms with E-state index < -0.39 is 0 Å². The molecule has 0 amide bonds. The van der Waals surface area contributed by atoms with Gasteiger partial charge in [-0.25, -0.2) is 0 Å². The van der Waals surface area contributed by atoms with Crippen LogP contribution in [-0.4, -0.2) is 6.54 Å². The first-order valence-electron chi connectivity index (χ1n) is 10.0. The van der Waals surface area contributed by atoms with Gasteiger partial charge in [0.2, 0.25) is 0 Å². The van der Waals surface area contributed by atoms with E-state index in [9.17, 15) is 0 Å². The van der Waals surface area contributed by atoms with Crippen LogP contribution in [0.1, 0.15) is 36.1 Å². The van der Waals surface area contributed by atoms with Gasteiger partial charge in [0, 0.05) is 17.9 Å². The van der Waals surface area contributed by atoms with Crippen molar-refractivity contribution in [2.24, 2.45) is 0 Å². The Kier molecular flexibility index (Phi) is 6.91. The molecule has 1 unspecified atom stereocenters. The minimum atomic E-state index is 0.0576. The van der Waals surface area contributed by atoms with Crippen LogP contribution in [0.15, 0.2) is 91.0 Å². The second kappa shape index (κ2) is 9.80. The molecule has 0 aliphatic heterocycles. The first-order valence-corrected chi connectivity index (χ1v) is 10.0. The predicted octanol–water partition coefficient (Wildman–Crippen LogP) is 6.77. The lowest BCUT2D eigenvalue weighted by atomic mass is 9.93. The van der Waals surface area contributed by atoms with E-state index in [0.29, 0.717) is 0 Å². The Morgan fingerprint density at radius 3 is 2.43 bits per heavy atom. The smallest absolute Gasteiger partial charge is 0.0727 e. The Labute approximate surface area is 169 Å². The van der Waals surface area contributed by atoms with Crippen LogP contribution in [0, 0.1) is 6.92 Å². The molecule has 3 rings (SSSR count). The van der Waals surface area contributed by atoms with E-state index in [1.54, 1.807) is 0 Å². The van der Waals surface area contributed by atoms with Crippen LogP contribution in [0.5, 0.6) is 0 Å². The molecule has 0 saturated carbocycles. The number of hydrogen-bond acceptors (Lipinski definition) is 2. The fraction of sp³-hybridized carbons (Fsp3) is 0.231. The predicted molar refractivity (Wildman–Crippen MR) is 122 cm³/mol. The molecular formula is C26H30N2. The zero-order valence-corrected chi connectivity index (χ0v) is 16.9. The van der Waals surface area contributed by atoms with Gasteiger partial charge in [-0.3, -0.25) is 0 Å². The lowest BCUT2D eigenvalue weighted by Gasteiger charge is -2.24. The average Bonchev–Trinajstić information content (AvgIpc) is 2.72. The first-order chi connectivity index (χ1) is 13.7. The van der Waals surface area contributed by atoms with Gasteiger partial charge in [0.1, 0.15) is 0 Å². The van der Waals surface area contributed by atoms with Crippen molar-refractivity contribution in [1.29, 1.82) is 0 Å².